The Morgan fingerprint density at radius 1 is 1.41 bits per heavy atom. The molecule has 0 aromatic heterocycles. The zero-order valence-corrected chi connectivity index (χ0v) is 11.7. The largest absolute Gasteiger partial charge is 0.395 e. The number of nitrogens with two attached hydrogens (primary N) is 1. The molecule has 1 atom stereocenters. The molecular weight excluding hydrogens is 287 g/mol. The third-order valence-electron chi connectivity index (χ3n) is 2.81. The summed E-state index contributed by atoms with van der Waals surface area (Å²) in [7, 11) is 0. The van der Waals surface area contributed by atoms with Gasteiger partial charge in [0.1, 0.15) is 5.82 Å². The molecule has 0 aliphatic heterocycles. The summed E-state index contributed by atoms with van der Waals surface area (Å²) in [4.78, 5) is 2.08. The van der Waals surface area contributed by atoms with Crippen LogP contribution in [0.5, 0.6) is 0 Å². The Morgan fingerprint density at radius 3 is 2.47 bits per heavy atom. The van der Waals surface area contributed by atoms with Crippen LogP contribution >= 0.6 is 15.9 Å². The summed E-state index contributed by atoms with van der Waals surface area (Å²) in [5, 5.41) is 10.0. The van der Waals surface area contributed by atoms with Gasteiger partial charge in [-0.15, -0.1) is 0 Å². The molecule has 1 rings (SSSR count). The predicted molar refractivity (Wildman–Crippen MR) is 71.3 cm³/mol. The highest BCUT2D eigenvalue weighted by Crippen LogP contribution is 2.27. The maximum atomic E-state index is 13.4. The van der Waals surface area contributed by atoms with Crippen molar-refractivity contribution in [1.82, 2.24) is 4.90 Å². The third-order valence-corrected chi connectivity index (χ3v) is 3.47. The fourth-order valence-corrected chi connectivity index (χ4v) is 2.08. The van der Waals surface area contributed by atoms with Crippen LogP contribution in [0.3, 0.4) is 0 Å². The summed E-state index contributed by atoms with van der Waals surface area (Å²) in [6.07, 6.45) is -0.707. The van der Waals surface area contributed by atoms with Gasteiger partial charge in [-0.05, 0) is 46.7 Å². The molecule has 0 radical (unpaired) electrons. The first-order valence-electron chi connectivity index (χ1n) is 5.64. The Hall–Kier alpha value is -0.650. The zero-order valence-electron chi connectivity index (χ0n) is 10.1. The van der Waals surface area contributed by atoms with Gasteiger partial charge in [-0.1, -0.05) is 13.8 Å². The van der Waals surface area contributed by atoms with E-state index in [2.05, 4.69) is 20.8 Å². The Labute approximate surface area is 110 Å². The van der Waals surface area contributed by atoms with E-state index in [1.807, 2.05) is 13.8 Å². The number of anilines is 1. The van der Waals surface area contributed by atoms with Crippen molar-refractivity contribution in [3.8, 4) is 0 Å². The van der Waals surface area contributed by atoms with Gasteiger partial charge in [0.15, 0.2) is 0 Å². The minimum atomic E-state index is -0.707. The molecule has 0 aliphatic rings. The normalized spacial score (nSPS) is 13.1. The number of halogens is 2. The van der Waals surface area contributed by atoms with Crippen LogP contribution < -0.4 is 5.73 Å². The SMILES string of the molecule is CCN(CC)CC(O)c1cc(F)c(N)c(Br)c1. The van der Waals surface area contributed by atoms with E-state index in [0.29, 0.717) is 16.6 Å². The van der Waals surface area contributed by atoms with Gasteiger partial charge in [-0.2, -0.15) is 0 Å². The van der Waals surface area contributed by atoms with Crippen LogP contribution in [-0.4, -0.2) is 29.6 Å². The molecular formula is C12H18BrFN2O. The fourth-order valence-electron chi connectivity index (χ4n) is 1.63. The van der Waals surface area contributed by atoms with Crippen molar-refractivity contribution in [1.29, 1.82) is 0 Å². The average molecular weight is 305 g/mol. The number of hydrogen-bond donors (Lipinski definition) is 2. The maximum absolute atomic E-state index is 13.4. The number of aliphatic hydroxyl groups excluding tert-OH is 1. The molecule has 96 valence electrons. The van der Waals surface area contributed by atoms with Crippen molar-refractivity contribution in [2.24, 2.45) is 0 Å². The van der Waals surface area contributed by atoms with Gasteiger partial charge >= 0.3 is 0 Å². The Kier molecular flexibility index (Phi) is 5.36. The van der Waals surface area contributed by atoms with E-state index in [4.69, 9.17) is 5.73 Å². The molecule has 3 N–H and O–H groups in total. The lowest BCUT2D eigenvalue weighted by Gasteiger charge is -2.22. The van der Waals surface area contributed by atoms with Gasteiger partial charge < -0.3 is 15.7 Å². The molecule has 3 nitrogen and oxygen atoms in total. The van der Waals surface area contributed by atoms with Gasteiger partial charge in [-0.25, -0.2) is 4.39 Å². The van der Waals surface area contributed by atoms with Crippen molar-refractivity contribution in [3.05, 3.63) is 28.0 Å². The summed E-state index contributed by atoms with van der Waals surface area (Å²) >= 11 is 3.18. The number of nitrogen functional groups attached to an aromatic ring is 1. The van der Waals surface area contributed by atoms with E-state index in [1.54, 1.807) is 6.07 Å². The first-order valence-corrected chi connectivity index (χ1v) is 6.43. The highest BCUT2D eigenvalue weighted by atomic mass is 79.9. The van der Waals surface area contributed by atoms with E-state index < -0.39 is 11.9 Å². The summed E-state index contributed by atoms with van der Waals surface area (Å²) in [6.45, 7) is 6.24. The lowest BCUT2D eigenvalue weighted by Crippen LogP contribution is -2.28. The van der Waals surface area contributed by atoms with Gasteiger partial charge in [-0.3, -0.25) is 0 Å². The lowest BCUT2D eigenvalue weighted by molar-refractivity contribution is 0.119. The van der Waals surface area contributed by atoms with Gasteiger partial charge in [0.05, 0.1) is 11.8 Å². The highest BCUT2D eigenvalue weighted by molar-refractivity contribution is 9.10. The molecule has 1 unspecified atom stereocenters. The van der Waals surface area contributed by atoms with E-state index in [0.717, 1.165) is 13.1 Å². The van der Waals surface area contributed by atoms with Crippen LogP contribution in [0.4, 0.5) is 10.1 Å². The number of benzene rings is 1. The molecule has 0 fully saturated rings. The van der Waals surface area contributed by atoms with Crippen LogP contribution in [-0.2, 0) is 0 Å². The van der Waals surface area contributed by atoms with E-state index in [1.165, 1.54) is 6.07 Å². The highest BCUT2D eigenvalue weighted by Gasteiger charge is 2.14. The second-order valence-corrected chi connectivity index (χ2v) is 4.75. The minimum Gasteiger partial charge on any atom is -0.395 e. The van der Waals surface area contributed by atoms with E-state index in [9.17, 15) is 9.50 Å². The van der Waals surface area contributed by atoms with Crippen LogP contribution in [0.1, 0.15) is 25.5 Å². The van der Waals surface area contributed by atoms with Crippen molar-refractivity contribution in [3.63, 3.8) is 0 Å². The predicted octanol–water partition coefficient (Wildman–Crippen LogP) is 2.55. The molecule has 1 aromatic carbocycles. The Balaban J connectivity index is 2.85. The van der Waals surface area contributed by atoms with Crippen LogP contribution in [0.15, 0.2) is 16.6 Å². The van der Waals surface area contributed by atoms with Crippen LogP contribution in [0, 0.1) is 5.82 Å². The topological polar surface area (TPSA) is 49.5 Å². The molecule has 17 heavy (non-hydrogen) atoms. The lowest BCUT2D eigenvalue weighted by atomic mass is 10.1. The monoisotopic (exact) mass is 304 g/mol. The van der Waals surface area contributed by atoms with Crippen molar-refractivity contribution in [2.75, 3.05) is 25.4 Å². The van der Waals surface area contributed by atoms with E-state index in [-0.39, 0.29) is 5.69 Å². The standard InChI is InChI=1S/C12H18BrFN2O/c1-3-16(4-2)7-11(17)8-5-9(13)12(15)10(14)6-8/h5-6,11,17H,3-4,7,15H2,1-2H3. The van der Waals surface area contributed by atoms with Crippen molar-refractivity contribution < 1.29 is 9.50 Å². The number of likely N-dealkylation sites (N-methyl/N-ethyl adjacent to an activating group) is 1. The zero-order chi connectivity index (χ0) is 13.0. The molecule has 0 amide bonds. The number of rotatable bonds is 5. The van der Waals surface area contributed by atoms with E-state index >= 15 is 0 Å². The average Bonchev–Trinajstić information content (AvgIpc) is 2.31. The molecule has 0 spiro atoms. The van der Waals surface area contributed by atoms with Gasteiger partial charge in [0, 0.05) is 11.0 Å². The fraction of sp³-hybridized carbons (Fsp3) is 0.500. The number of aliphatic hydroxyl groups is 1. The van der Waals surface area contributed by atoms with Crippen LogP contribution in [0.2, 0.25) is 0 Å². The first kappa shape index (κ1) is 14.4. The minimum absolute atomic E-state index is 0.0730. The number of hydrogen-bond acceptors (Lipinski definition) is 3. The Morgan fingerprint density at radius 2 is 2.00 bits per heavy atom. The molecule has 0 aliphatic carbocycles. The summed E-state index contributed by atoms with van der Waals surface area (Å²) < 4.78 is 13.9. The van der Waals surface area contributed by atoms with Crippen LogP contribution in [0.25, 0.3) is 0 Å². The first-order chi connectivity index (χ1) is 7.99. The molecule has 0 bridgehead atoms. The van der Waals surface area contributed by atoms with Gasteiger partial charge in [0.2, 0.25) is 0 Å². The molecule has 0 saturated carbocycles. The number of nitrogens with zero attached hydrogens (tertiary/aromatic N) is 1. The smallest absolute Gasteiger partial charge is 0.147 e. The molecule has 1 aromatic rings. The quantitative estimate of drug-likeness (QED) is 0.822. The second-order valence-electron chi connectivity index (χ2n) is 3.90. The molecule has 0 saturated heterocycles. The Bertz CT molecular complexity index is 360. The second kappa shape index (κ2) is 6.33. The molecule has 5 heteroatoms. The van der Waals surface area contributed by atoms with Crippen molar-refractivity contribution in [2.45, 2.75) is 20.0 Å². The maximum Gasteiger partial charge on any atom is 0.147 e. The summed E-state index contributed by atoms with van der Waals surface area (Å²) in [5.74, 6) is -0.507. The van der Waals surface area contributed by atoms with Gasteiger partial charge in [0.25, 0.3) is 0 Å². The van der Waals surface area contributed by atoms with Crippen molar-refractivity contribution >= 4 is 21.6 Å². The molecule has 0 heterocycles. The summed E-state index contributed by atoms with van der Waals surface area (Å²) in [5.41, 5.74) is 6.10. The third kappa shape index (κ3) is 3.66. The summed E-state index contributed by atoms with van der Waals surface area (Å²) in [6, 6.07) is 2.95.